The van der Waals surface area contributed by atoms with E-state index in [1.165, 1.54) is 0 Å². The summed E-state index contributed by atoms with van der Waals surface area (Å²) in [6, 6.07) is 4.14. The largest absolute Gasteiger partial charge is 0.370 e. The van der Waals surface area contributed by atoms with Gasteiger partial charge in [-0.1, -0.05) is 6.07 Å². The maximum Gasteiger partial charge on any atom is 0.191 e. The van der Waals surface area contributed by atoms with Gasteiger partial charge in [-0.15, -0.1) is 35.3 Å². The number of thiazole rings is 1. The van der Waals surface area contributed by atoms with Gasteiger partial charge in [-0.2, -0.15) is 0 Å². The highest BCUT2D eigenvalue weighted by molar-refractivity contribution is 14.0. The summed E-state index contributed by atoms with van der Waals surface area (Å²) < 4.78 is 0. The zero-order valence-electron chi connectivity index (χ0n) is 15.9. The maximum atomic E-state index is 6.20. The van der Waals surface area contributed by atoms with Crippen LogP contribution < -0.4 is 15.5 Å². The number of aliphatic imine (C=N–C) groups is 1. The average molecular weight is 501 g/mol. The fourth-order valence-corrected chi connectivity index (χ4v) is 3.71. The fourth-order valence-electron chi connectivity index (χ4n) is 3.02. The number of hydrogen-bond acceptors (Lipinski definition) is 6. The van der Waals surface area contributed by atoms with Gasteiger partial charge in [0.1, 0.15) is 5.82 Å². The predicted octanol–water partition coefficient (Wildman–Crippen LogP) is 2.64. The molecule has 27 heavy (non-hydrogen) atoms. The predicted molar refractivity (Wildman–Crippen MR) is 124 cm³/mol. The summed E-state index contributed by atoms with van der Waals surface area (Å²) in [5.41, 5.74) is 7.27. The lowest BCUT2D eigenvalue weighted by atomic mass is 10.3. The molecule has 1 aliphatic heterocycles. The summed E-state index contributed by atoms with van der Waals surface area (Å²) in [7, 11) is 0. The number of piperazine rings is 1. The van der Waals surface area contributed by atoms with Gasteiger partial charge in [0.05, 0.1) is 6.54 Å². The number of nitrogens with two attached hydrogens (primary N) is 1. The minimum absolute atomic E-state index is 0. The molecule has 0 atom stereocenters. The molecule has 1 fully saturated rings. The Labute approximate surface area is 182 Å². The molecule has 2 N–H and O–H groups in total. The first-order valence-corrected chi connectivity index (χ1v) is 9.98. The summed E-state index contributed by atoms with van der Waals surface area (Å²) in [6.45, 7) is 10.3. The normalized spacial score (nSPS) is 14.8. The molecule has 0 unspecified atom stereocenters. The molecule has 7 nitrogen and oxygen atoms in total. The second-order valence-electron chi connectivity index (χ2n) is 6.16. The maximum absolute atomic E-state index is 6.20. The highest BCUT2D eigenvalue weighted by Gasteiger charge is 2.19. The summed E-state index contributed by atoms with van der Waals surface area (Å²) in [5.74, 6) is 1.62. The van der Waals surface area contributed by atoms with E-state index in [1.807, 2.05) is 17.8 Å². The molecule has 9 heteroatoms. The molecule has 0 saturated carbocycles. The number of pyridine rings is 1. The number of nitrogens with zero attached hydrogens (tertiary/aromatic N) is 6. The third-order valence-electron chi connectivity index (χ3n) is 4.61. The molecule has 0 aliphatic carbocycles. The van der Waals surface area contributed by atoms with Crippen LogP contribution in [0, 0.1) is 0 Å². The van der Waals surface area contributed by atoms with Crippen LogP contribution in [0.1, 0.15) is 19.4 Å². The van der Waals surface area contributed by atoms with Crippen LogP contribution in [0.25, 0.3) is 0 Å². The van der Waals surface area contributed by atoms with E-state index in [0.29, 0.717) is 12.5 Å². The van der Waals surface area contributed by atoms with Crippen LogP contribution >= 0.6 is 35.3 Å². The molecule has 1 aliphatic rings. The Kier molecular flexibility index (Phi) is 8.55. The molecule has 1 saturated heterocycles. The third kappa shape index (κ3) is 5.68. The number of rotatable bonds is 6. The molecule has 2 aromatic heterocycles. The average Bonchev–Trinajstić information content (AvgIpc) is 3.23. The zero-order chi connectivity index (χ0) is 18.4. The second kappa shape index (κ2) is 10.6. The van der Waals surface area contributed by atoms with Gasteiger partial charge in [0.2, 0.25) is 0 Å². The lowest BCUT2D eigenvalue weighted by Crippen LogP contribution is -2.51. The van der Waals surface area contributed by atoms with Crippen molar-refractivity contribution in [3.8, 4) is 0 Å². The Morgan fingerprint density at radius 1 is 1.19 bits per heavy atom. The van der Waals surface area contributed by atoms with Crippen LogP contribution in [-0.4, -0.2) is 60.1 Å². The number of aromatic nitrogens is 2. The van der Waals surface area contributed by atoms with E-state index in [0.717, 1.165) is 55.8 Å². The van der Waals surface area contributed by atoms with Gasteiger partial charge in [0, 0.05) is 57.0 Å². The summed E-state index contributed by atoms with van der Waals surface area (Å²) in [5, 5.41) is 3.09. The Morgan fingerprint density at radius 3 is 2.48 bits per heavy atom. The molecule has 148 valence electrons. The first-order chi connectivity index (χ1) is 12.7. The summed E-state index contributed by atoms with van der Waals surface area (Å²) in [4.78, 5) is 20.1. The van der Waals surface area contributed by atoms with Crippen LogP contribution in [0.5, 0.6) is 0 Å². The highest BCUT2D eigenvalue weighted by atomic mass is 127. The van der Waals surface area contributed by atoms with Crippen molar-refractivity contribution in [3.63, 3.8) is 0 Å². The number of anilines is 2. The SMILES string of the molecule is CCN(CC)c1ccc(CN=C(N)N2CCN(c3nccs3)CC2)cn1.I. The Balaban J connectivity index is 0.00000261. The second-order valence-corrected chi connectivity index (χ2v) is 7.03. The first-order valence-electron chi connectivity index (χ1n) is 9.10. The van der Waals surface area contributed by atoms with Crippen LogP contribution in [-0.2, 0) is 6.54 Å². The van der Waals surface area contributed by atoms with Crippen molar-refractivity contribution < 1.29 is 0 Å². The molecule has 3 rings (SSSR count). The van der Waals surface area contributed by atoms with Gasteiger partial charge in [-0.3, -0.25) is 0 Å². The van der Waals surface area contributed by atoms with Crippen molar-refractivity contribution >= 4 is 52.2 Å². The van der Waals surface area contributed by atoms with E-state index in [1.54, 1.807) is 11.3 Å². The standard InChI is InChI=1S/C18H27N7S.HI/c1-3-23(4-2)16-6-5-15(13-21-16)14-22-17(19)24-8-10-25(11-9-24)18-20-7-12-26-18;/h5-7,12-13H,3-4,8-11,14H2,1-2H3,(H2,19,22);1H. The molecule has 0 spiro atoms. The van der Waals surface area contributed by atoms with Gasteiger partial charge in [-0.05, 0) is 25.5 Å². The monoisotopic (exact) mass is 501 g/mol. The van der Waals surface area contributed by atoms with E-state index in [9.17, 15) is 0 Å². The molecule has 0 amide bonds. The van der Waals surface area contributed by atoms with Gasteiger partial charge >= 0.3 is 0 Å². The Hall–Kier alpha value is -1.62. The molecular weight excluding hydrogens is 473 g/mol. The quantitative estimate of drug-likeness (QED) is 0.373. The van der Waals surface area contributed by atoms with Crippen molar-refractivity contribution in [2.75, 3.05) is 49.1 Å². The fraction of sp³-hybridized carbons (Fsp3) is 0.500. The lowest BCUT2D eigenvalue weighted by Gasteiger charge is -2.35. The zero-order valence-corrected chi connectivity index (χ0v) is 19.1. The third-order valence-corrected chi connectivity index (χ3v) is 5.45. The van der Waals surface area contributed by atoms with Crippen molar-refractivity contribution in [1.82, 2.24) is 14.9 Å². The van der Waals surface area contributed by atoms with Crippen molar-refractivity contribution in [1.29, 1.82) is 0 Å². The Morgan fingerprint density at radius 2 is 1.93 bits per heavy atom. The van der Waals surface area contributed by atoms with Crippen LogP contribution in [0.4, 0.5) is 10.9 Å². The minimum atomic E-state index is 0. The lowest BCUT2D eigenvalue weighted by molar-refractivity contribution is 0.380. The topological polar surface area (TPSA) is 73.9 Å². The van der Waals surface area contributed by atoms with E-state index in [4.69, 9.17) is 5.73 Å². The molecular formula is C18H28IN7S. The summed E-state index contributed by atoms with van der Waals surface area (Å²) in [6.07, 6.45) is 3.74. The molecule has 2 aromatic rings. The number of hydrogen-bond donors (Lipinski definition) is 1. The van der Waals surface area contributed by atoms with Crippen molar-refractivity contribution in [2.24, 2.45) is 10.7 Å². The van der Waals surface area contributed by atoms with Gasteiger partial charge < -0.3 is 20.4 Å². The van der Waals surface area contributed by atoms with E-state index in [-0.39, 0.29) is 24.0 Å². The van der Waals surface area contributed by atoms with E-state index < -0.39 is 0 Å². The number of halogens is 1. The van der Waals surface area contributed by atoms with Crippen LogP contribution in [0.15, 0.2) is 34.9 Å². The minimum Gasteiger partial charge on any atom is -0.370 e. The molecule has 3 heterocycles. The highest BCUT2D eigenvalue weighted by Crippen LogP contribution is 2.18. The molecule has 0 bridgehead atoms. The van der Waals surface area contributed by atoms with E-state index in [2.05, 4.69) is 55.6 Å². The number of guanidine groups is 1. The Bertz CT molecular complexity index is 693. The smallest absolute Gasteiger partial charge is 0.191 e. The molecule has 0 aromatic carbocycles. The van der Waals surface area contributed by atoms with E-state index >= 15 is 0 Å². The van der Waals surface area contributed by atoms with Gasteiger partial charge in [0.25, 0.3) is 0 Å². The first kappa shape index (κ1) is 21.7. The van der Waals surface area contributed by atoms with Gasteiger partial charge in [-0.25, -0.2) is 15.0 Å². The van der Waals surface area contributed by atoms with Gasteiger partial charge in [0.15, 0.2) is 11.1 Å². The van der Waals surface area contributed by atoms with Crippen molar-refractivity contribution in [3.05, 3.63) is 35.5 Å². The van der Waals surface area contributed by atoms with Crippen molar-refractivity contribution in [2.45, 2.75) is 20.4 Å². The summed E-state index contributed by atoms with van der Waals surface area (Å²) >= 11 is 1.68. The van der Waals surface area contributed by atoms with Crippen LogP contribution in [0.3, 0.4) is 0 Å². The van der Waals surface area contributed by atoms with Crippen LogP contribution in [0.2, 0.25) is 0 Å². The molecule has 0 radical (unpaired) electrons.